The van der Waals surface area contributed by atoms with Crippen LogP contribution in [0, 0.1) is 5.92 Å². The molecule has 0 bridgehead atoms. The third kappa shape index (κ3) is 8.33. The van der Waals surface area contributed by atoms with Crippen LogP contribution in [0.15, 0.2) is 12.2 Å². The van der Waals surface area contributed by atoms with Gasteiger partial charge in [0, 0.05) is 20.1 Å². The minimum atomic E-state index is -0.452. The molecule has 0 heterocycles. The Morgan fingerprint density at radius 1 is 0.818 bits per heavy atom. The number of ether oxygens (including phenoxy) is 2. The smallest absolute Gasteiger partial charge is 0.173 e. The van der Waals surface area contributed by atoms with E-state index in [1.807, 2.05) is 0 Å². The summed E-state index contributed by atoms with van der Waals surface area (Å²) in [4.78, 5) is 0. The maximum absolute atomic E-state index is 5.78. The lowest BCUT2D eigenvalue weighted by Gasteiger charge is -2.36. The van der Waals surface area contributed by atoms with Crippen molar-refractivity contribution >= 4 is 0 Å². The summed E-state index contributed by atoms with van der Waals surface area (Å²) in [5.41, 5.74) is 0. The second-order valence-corrected chi connectivity index (χ2v) is 6.31. The van der Waals surface area contributed by atoms with Crippen LogP contribution in [0.1, 0.15) is 91.4 Å². The van der Waals surface area contributed by atoms with Gasteiger partial charge in [0.25, 0.3) is 0 Å². The van der Waals surface area contributed by atoms with Crippen LogP contribution in [0.2, 0.25) is 0 Å². The molecule has 1 unspecified atom stereocenters. The molecule has 0 fully saturated rings. The number of rotatable bonds is 15. The summed E-state index contributed by atoms with van der Waals surface area (Å²) in [6.45, 7) is 6.66. The Hall–Kier alpha value is -0.340. The predicted octanol–water partition coefficient (Wildman–Crippen LogP) is 6.50. The Morgan fingerprint density at radius 3 is 1.95 bits per heavy atom. The molecule has 0 aromatic heterocycles. The van der Waals surface area contributed by atoms with Crippen LogP contribution in [0.5, 0.6) is 0 Å². The summed E-state index contributed by atoms with van der Waals surface area (Å²) in [5.74, 6) is -0.0953. The molecular formula is C20H40O2. The first-order valence-electron chi connectivity index (χ1n) is 9.47. The summed E-state index contributed by atoms with van der Waals surface area (Å²) in [6, 6.07) is 0. The van der Waals surface area contributed by atoms with Gasteiger partial charge in [0.1, 0.15) is 0 Å². The van der Waals surface area contributed by atoms with Gasteiger partial charge in [0.15, 0.2) is 5.79 Å². The van der Waals surface area contributed by atoms with Crippen molar-refractivity contribution in [3.8, 4) is 0 Å². The van der Waals surface area contributed by atoms with Gasteiger partial charge in [0.2, 0.25) is 0 Å². The van der Waals surface area contributed by atoms with Crippen LogP contribution in [0.3, 0.4) is 0 Å². The second kappa shape index (κ2) is 14.3. The molecule has 2 heteroatoms. The minimum absolute atomic E-state index is 0.357. The Morgan fingerprint density at radius 2 is 1.41 bits per heavy atom. The maximum atomic E-state index is 5.78. The zero-order valence-corrected chi connectivity index (χ0v) is 15.8. The average Bonchev–Trinajstić information content (AvgIpc) is 2.55. The number of unbranched alkanes of at least 4 members (excludes halogenated alkanes) is 7. The van der Waals surface area contributed by atoms with E-state index in [0.29, 0.717) is 5.92 Å². The molecule has 0 spiro atoms. The van der Waals surface area contributed by atoms with Crippen molar-refractivity contribution in [1.82, 2.24) is 0 Å². The highest BCUT2D eigenvalue weighted by molar-refractivity contribution is 4.96. The summed E-state index contributed by atoms with van der Waals surface area (Å²) in [6.07, 6.45) is 18.4. The molecule has 0 aliphatic carbocycles. The average molecular weight is 313 g/mol. The molecule has 0 aliphatic rings. The van der Waals surface area contributed by atoms with Crippen LogP contribution < -0.4 is 0 Å². The topological polar surface area (TPSA) is 18.5 Å². The molecule has 0 saturated carbocycles. The van der Waals surface area contributed by atoms with Crippen molar-refractivity contribution < 1.29 is 9.47 Å². The fourth-order valence-corrected chi connectivity index (χ4v) is 3.13. The Bertz CT molecular complexity index is 248. The predicted molar refractivity (Wildman–Crippen MR) is 97.2 cm³/mol. The Labute approximate surface area is 139 Å². The summed E-state index contributed by atoms with van der Waals surface area (Å²) in [7, 11) is 3.56. The fourth-order valence-electron chi connectivity index (χ4n) is 3.13. The van der Waals surface area contributed by atoms with Crippen LogP contribution in [-0.2, 0) is 9.47 Å². The highest BCUT2D eigenvalue weighted by atomic mass is 16.7. The quantitative estimate of drug-likeness (QED) is 0.195. The van der Waals surface area contributed by atoms with E-state index < -0.39 is 5.79 Å². The van der Waals surface area contributed by atoms with E-state index >= 15 is 0 Å². The van der Waals surface area contributed by atoms with E-state index in [2.05, 4.69) is 32.9 Å². The zero-order valence-electron chi connectivity index (χ0n) is 15.8. The first kappa shape index (κ1) is 21.7. The zero-order chi connectivity index (χ0) is 16.7. The summed E-state index contributed by atoms with van der Waals surface area (Å²) < 4.78 is 11.6. The molecule has 0 N–H and O–H groups in total. The van der Waals surface area contributed by atoms with Crippen LogP contribution in [0.25, 0.3) is 0 Å². The normalized spacial score (nSPS) is 13.9. The van der Waals surface area contributed by atoms with Gasteiger partial charge in [-0.15, -0.1) is 0 Å². The highest BCUT2D eigenvalue weighted by Gasteiger charge is 2.35. The summed E-state index contributed by atoms with van der Waals surface area (Å²) >= 11 is 0. The van der Waals surface area contributed by atoms with Crippen molar-refractivity contribution in [2.24, 2.45) is 5.92 Å². The number of hydrogen-bond acceptors (Lipinski definition) is 2. The van der Waals surface area contributed by atoms with Gasteiger partial charge in [-0.25, -0.2) is 0 Å². The molecule has 0 amide bonds. The van der Waals surface area contributed by atoms with Crippen LogP contribution in [0.4, 0.5) is 0 Å². The van der Waals surface area contributed by atoms with Gasteiger partial charge in [-0.1, -0.05) is 84.3 Å². The van der Waals surface area contributed by atoms with E-state index in [1.54, 1.807) is 14.2 Å². The lowest BCUT2D eigenvalue weighted by atomic mass is 9.89. The van der Waals surface area contributed by atoms with Gasteiger partial charge >= 0.3 is 0 Å². The first-order valence-corrected chi connectivity index (χ1v) is 9.47. The minimum Gasteiger partial charge on any atom is -0.353 e. The third-order valence-electron chi connectivity index (χ3n) is 4.71. The molecule has 0 saturated heterocycles. The van der Waals surface area contributed by atoms with Crippen molar-refractivity contribution in [2.45, 2.75) is 97.2 Å². The molecular weight excluding hydrogens is 272 g/mol. The maximum Gasteiger partial charge on any atom is 0.173 e. The molecule has 0 aromatic rings. The van der Waals surface area contributed by atoms with E-state index in [4.69, 9.17) is 9.47 Å². The monoisotopic (exact) mass is 312 g/mol. The molecule has 132 valence electrons. The Kier molecular flexibility index (Phi) is 14.0. The fraction of sp³-hybridized carbons (Fsp3) is 0.900. The molecule has 22 heavy (non-hydrogen) atoms. The van der Waals surface area contributed by atoms with E-state index in [9.17, 15) is 0 Å². The van der Waals surface area contributed by atoms with Gasteiger partial charge < -0.3 is 9.47 Å². The largest absolute Gasteiger partial charge is 0.353 e. The van der Waals surface area contributed by atoms with E-state index in [-0.39, 0.29) is 0 Å². The lowest BCUT2D eigenvalue weighted by Crippen LogP contribution is -2.40. The number of allylic oxidation sites excluding steroid dienone is 1. The van der Waals surface area contributed by atoms with Gasteiger partial charge in [0.05, 0.1) is 0 Å². The Balaban J connectivity index is 4.48. The summed E-state index contributed by atoms with van der Waals surface area (Å²) in [5, 5.41) is 0. The molecule has 0 aliphatic heterocycles. The SMILES string of the molecule is CCCCC=CC(CCCCCCCC)C(CC)(OC)OC. The molecule has 0 rings (SSSR count). The molecule has 1 atom stereocenters. The lowest BCUT2D eigenvalue weighted by molar-refractivity contribution is -0.233. The van der Waals surface area contributed by atoms with Crippen molar-refractivity contribution in [3.05, 3.63) is 12.2 Å². The van der Waals surface area contributed by atoms with Crippen molar-refractivity contribution in [2.75, 3.05) is 14.2 Å². The molecule has 0 radical (unpaired) electrons. The molecule has 0 aromatic carbocycles. The van der Waals surface area contributed by atoms with E-state index in [1.165, 1.54) is 51.4 Å². The van der Waals surface area contributed by atoms with Gasteiger partial charge in [-0.05, 0) is 19.3 Å². The number of hydrogen-bond donors (Lipinski definition) is 0. The van der Waals surface area contributed by atoms with Crippen LogP contribution in [-0.4, -0.2) is 20.0 Å². The highest BCUT2D eigenvalue weighted by Crippen LogP contribution is 2.32. The second-order valence-electron chi connectivity index (χ2n) is 6.31. The van der Waals surface area contributed by atoms with Crippen molar-refractivity contribution in [1.29, 1.82) is 0 Å². The van der Waals surface area contributed by atoms with Gasteiger partial charge in [-0.2, -0.15) is 0 Å². The number of methoxy groups -OCH3 is 2. The molecule has 2 nitrogen and oxygen atoms in total. The van der Waals surface area contributed by atoms with Gasteiger partial charge in [-0.3, -0.25) is 0 Å². The third-order valence-corrected chi connectivity index (χ3v) is 4.71. The van der Waals surface area contributed by atoms with E-state index in [0.717, 1.165) is 19.3 Å². The first-order chi connectivity index (χ1) is 10.7. The van der Waals surface area contributed by atoms with Crippen LogP contribution >= 0.6 is 0 Å². The van der Waals surface area contributed by atoms with Crippen molar-refractivity contribution in [3.63, 3.8) is 0 Å². The standard InChI is InChI=1S/C20H40O2/c1-6-9-11-13-14-16-18-19(17-15-12-10-7-2)20(8-3,21-4)22-5/h15,17,19H,6-14,16,18H2,1-5H3.